The van der Waals surface area contributed by atoms with E-state index < -0.39 is 0 Å². The maximum atomic E-state index is 8.96. The standard InChI is InChI=1S/C12H18N2O/c15-8-5-12(11-1-2-11)14-9-10-3-6-13-7-4-10/h3-4,6-7,11-12,14-15H,1-2,5,8-9H2. The minimum absolute atomic E-state index is 0.282. The Morgan fingerprint density at radius 3 is 2.73 bits per heavy atom. The van der Waals surface area contributed by atoms with Crippen LogP contribution in [0.2, 0.25) is 0 Å². The molecule has 1 fully saturated rings. The molecule has 1 aromatic heterocycles. The van der Waals surface area contributed by atoms with Crippen molar-refractivity contribution in [1.82, 2.24) is 10.3 Å². The van der Waals surface area contributed by atoms with Crippen molar-refractivity contribution in [3.05, 3.63) is 30.1 Å². The topological polar surface area (TPSA) is 45.1 Å². The molecular formula is C12H18N2O. The van der Waals surface area contributed by atoms with Crippen LogP contribution in [0.4, 0.5) is 0 Å². The van der Waals surface area contributed by atoms with Gasteiger partial charge in [-0.2, -0.15) is 0 Å². The second-order valence-corrected chi connectivity index (χ2v) is 4.19. The number of aliphatic hydroxyl groups is 1. The molecule has 0 radical (unpaired) electrons. The molecule has 2 N–H and O–H groups in total. The van der Waals surface area contributed by atoms with Crippen molar-refractivity contribution in [3.8, 4) is 0 Å². The van der Waals surface area contributed by atoms with Crippen LogP contribution in [-0.2, 0) is 6.54 Å². The number of aromatic nitrogens is 1. The molecule has 3 nitrogen and oxygen atoms in total. The van der Waals surface area contributed by atoms with Gasteiger partial charge in [0.25, 0.3) is 0 Å². The van der Waals surface area contributed by atoms with Gasteiger partial charge < -0.3 is 10.4 Å². The van der Waals surface area contributed by atoms with Gasteiger partial charge in [-0.15, -0.1) is 0 Å². The zero-order valence-electron chi connectivity index (χ0n) is 8.89. The highest BCUT2D eigenvalue weighted by Crippen LogP contribution is 2.33. The Kier molecular flexibility index (Phi) is 3.69. The van der Waals surface area contributed by atoms with E-state index in [4.69, 9.17) is 5.11 Å². The summed E-state index contributed by atoms with van der Waals surface area (Å²) in [5.74, 6) is 0.791. The third-order valence-corrected chi connectivity index (χ3v) is 2.95. The molecule has 1 aliphatic carbocycles. The Balaban J connectivity index is 1.80. The first-order valence-corrected chi connectivity index (χ1v) is 5.63. The summed E-state index contributed by atoms with van der Waals surface area (Å²) in [7, 11) is 0. The molecule has 1 aromatic rings. The molecule has 15 heavy (non-hydrogen) atoms. The highest BCUT2D eigenvalue weighted by atomic mass is 16.3. The second kappa shape index (κ2) is 5.24. The molecule has 1 unspecified atom stereocenters. The number of nitrogens with zero attached hydrogens (tertiary/aromatic N) is 1. The van der Waals surface area contributed by atoms with E-state index in [-0.39, 0.29) is 6.61 Å². The number of nitrogens with one attached hydrogen (secondary N) is 1. The van der Waals surface area contributed by atoms with Gasteiger partial charge in [0.15, 0.2) is 0 Å². The summed E-state index contributed by atoms with van der Waals surface area (Å²) in [5, 5.41) is 12.5. The van der Waals surface area contributed by atoms with Crippen LogP contribution in [0.15, 0.2) is 24.5 Å². The SMILES string of the molecule is OCCC(NCc1ccncc1)C1CC1. The quantitative estimate of drug-likeness (QED) is 0.738. The highest BCUT2D eigenvalue weighted by Gasteiger charge is 2.30. The van der Waals surface area contributed by atoms with Crippen LogP contribution in [-0.4, -0.2) is 22.7 Å². The maximum absolute atomic E-state index is 8.96. The van der Waals surface area contributed by atoms with Crippen LogP contribution in [0, 0.1) is 5.92 Å². The predicted octanol–water partition coefficient (Wildman–Crippen LogP) is 1.33. The second-order valence-electron chi connectivity index (χ2n) is 4.19. The van der Waals surface area contributed by atoms with Gasteiger partial charge in [0.2, 0.25) is 0 Å². The lowest BCUT2D eigenvalue weighted by Gasteiger charge is -2.16. The maximum Gasteiger partial charge on any atom is 0.0445 e. The minimum Gasteiger partial charge on any atom is -0.396 e. The summed E-state index contributed by atoms with van der Waals surface area (Å²) in [6.07, 6.45) is 7.13. The van der Waals surface area contributed by atoms with Crippen molar-refractivity contribution in [2.24, 2.45) is 5.92 Å². The van der Waals surface area contributed by atoms with Gasteiger partial charge in [-0.3, -0.25) is 4.98 Å². The molecule has 2 rings (SSSR count). The Bertz CT molecular complexity index is 285. The summed E-state index contributed by atoms with van der Waals surface area (Å²) in [6, 6.07) is 4.54. The van der Waals surface area contributed by atoms with Crippen molar-refractivity contribution in [3.63, 3.8) is 0 Å². The number of rotatable bonds is 6. The molecule has 0 spiro atoms. The number of hydrogen-bond acceptors (Lipinski definition) is 3. The van der Waals surface area contributed by atoms with Crippen LogP contribution in [0.1, 0.15) is 24.8 Å². The number of pyridine rings is 1. The summed E-state index contributed by atoms with van der Waals surface area (Å²) in [4.78, 5) is 3.99. The molecule has 82 valence electrons. The lowest BCUT2D eigenvalue weighted by molar-refractivity contribution is 0.255. The number of hydrogen-bond donors (Lipinski definition) is 2. The van der Waals surface area contributed by atoms with E-state index in [0.29, 0.717) is 6.04 Å². The first kappa shape index (κ1) is 10.6. The number of aliphatic hydroxyl groups excluding tert-OH is 1. The Labute approximate surface area is 90.5 Å². The summed E-state index contributed by atoms with van der Waals surface area (Å²) >= 11 is 0. The third-order valence-electron chi connectivity index (χ3n) is 2.95. The van der Waals surface area contributed by atoms with Crippen molar-refractivity contribution in [1.29, 1.82) is 0 Å². The van der Waals surface area contributed by atoms with Crippen molar-refractivity contribution in [2.45, 2.75) is 31.8 Å². The van der Waals surface area contributed by atoms with Crippen LogP contribution >= 0.6 is 0 Å². The van der Waals surface area contributed by atoms with Crippen molar-refractivity contribution in [2.75, 3.05) is 6.61 Å². The summed E-state index contributed by atoms with van der Waals surface area (Å²) in [5.41, 5.74) is 1.26. The fourth-order valence-corrected chi connectivity index (χ4v) is 1.89. The largest absolute Gasteiger partial charge is 0.396 e. The normalized spacial score (nSPS) is 17.7. The van der Waals surface area contributed by atoms with Crippen molar-refractivity contribution >= 4 is 0 Å². The molecule has 0 saturated heterocycles. The Hall–Kier alpha value is -0.930. The van der Waals surface area contributed by atoms with Crippen LogP contribution in [0.25, 0.3) is 0 Å². The highest BCUT2D eigenvalue weighted by molar-refractivity contribution is 5.09. The molecule has 0 aromatic carbocycles. The average Bonchev–Trinajstić information content (AvgIpc) is 3.09. The van der Waals surface area contributed by atoms with Gasteiger partial charge in [0.1, 0.15) is 0 Å². The van der Waals surface area contributed by atoms with Crippen molar-refractivity contribution < 1.29 is 5.11 Å². The van der Waals surface area contributed by atoms with E-state index in [1.807, 2.05) is 24.5 Å². The molecule has 0 bridgehead atoms. The molecule has 0 amide bonds. The van der Waals surface area contributed by atoms with E-state index in [1.54, 1.807) is 0 Å². The van der Waals surface area contributed by atoms with Gasteiger partial charge in [-0.1, -0.05) is 0 Å². The first-order chi connectivity index (χ1) is 7.40. The Morgan fingerprint density at radius 1 is 1.40 bits per heavy atom. The van der Waals surface area contributed by atoms with Gasteiger partial charge in [0, 0.05) is 31.6 Å². The van der Waals surface area contributed by atoms with E-state index in [9.17, 15) is 0 Å². The third kappa shape index (κ3) is 3.29. The van der Waals surface area contributed by atoms with Gasteiger partial charge in [-0.25, -0.2) is 0 Å². The molecule has 1 heterocycles. The first-order valence-electron chi connectivity index (χ1n) is 5.63. The van der Waals surface area contributed by atoms with E-state index in [1.165, 1.54) is 18.4 Å². The molecule has 1 saturated carbocycles. The van der Waals surface area contributed by atoms with Crippen LogP contribution in [0.3, 0.4) is 0 Å². The molecule has 3 heteroatoms. The van der Waals surface area contributed by atoms with E-state index >= 15 is 0 Å². The van der Waals surface area contributed by atoms with Gasteiger partial charge in [0.05, 0.1) is 0 Å². The summed E-state index contributed by atoms with van der Waals surface area (Å²) in [6.45, 7) is 1.16. The fourth-order valence-electron chi connectivity index (χ4n) is 1.89. The monoisotopic (exact) mass is 206 g/mol. The molecular weight excluding hydrogens is 188 g/mol. The van der Waals surface area contributed by atoms with Crippen LogP contribution < -0.4 is 5.32 Å². The Morgan fingerprint density at radius 2 is 2.13 bits per heavy atom. The lowest BCUT2D eigenvalue weighted by Crippen LogP contribution is -2.31. The molecule has 0 aliphatic heterocycles. The van der Waals surface area contributed by atoms with Crippen LogP contribution in [0.5, 0.6) is 0 Å². The zero-order chi connectivity index (χ0) is 10.5. The van der Waals surface area contributed by atoms with E-state index in [2.05, 4.69) is 10.3 Å². The fraction of sp³-hybridized carbons (Fsp3) is 0.583. The molecule has 1 aliphatic rings. The average molecular weight is 206 g/mol. The minimum atomic E-state index is 0.282. The molecule has 1 atom stereocenters. The van der Waals surface area contributed by atoms with Gasteiger partial charge >= 0.3 is 0 Å². The van der Waals surface area contributed by atoms with E-state index in [0.717, 1.165) is 18.9 Å². The lowest BCUT2D eigenvalue weighted by atomic mass is 10.1. The predicted molar refractivity (Wildman–Crippen MR) is 59.3 cm³/mol. The summed E-state index contributed by atoms with van der Waals surface area (Å²) < 4.78 is 0. The van der Waals surface area contributed by atoms with Gasteiger partial charge in [-0.05, 0) is 42.9 Å². The smallest absolute Gasteiger partial charge is 0.0445 e. The zero-order valence-corrected chi connectivity index (χ0v) is 8.89.